The van der Waals surface area contributed by atoms with Gasteiger partial charge in [0.1, 0.15) is 5.69 Å². The van der Waals surface area contributed by atoms with E-state index in [1.807, 2.05) is 0 Å². The zero-order chi connectivity index (χ0) is 15.6. The maximum atomic E-state index is 11.2. The summed E-state index contributed by atoms with van der Waals surface area (Å²) in [5, 5.41) is 13.9. The van der Waals surface area contributed by atoms with Gasteiger partial charge in [-0.15, -0.1) is 0 Å². The number of hydrogen-bond donors (Lipinski definition) is 2. The van der Waals surface area contributed by atoms with Crippen LogP contribution in [0.15, 0.2) is 22.7 Å². The molecule has 0 saturated carbocycles. The number of nitrogens with one attached hydrogen (secondary N) is 2. The summed E-state index contributed by atoms with van der Waals surface area (Å²) >= 11 is 3.17. The highest BCUT2D eigenvalue weighted by Crippen LogP contribution is 2.28. The minimum Gasteiger partial charge on any atom is -0.378 e. The van der Waals surface area contributed by atoms with Crippen LogP contribution in [0, 0.1) is 10.1 Å². The van der Waals surface area contributed by atoms with Crippen molar-refractivity contribution >= 4 is 37.3 Å². The third-order valence-electron chi connectivity index (χ3n) is 2.34. The Morgan fingerprint density at radius 2 is 2.00 bits per heavy atom. The number of nitrogens with zero attached hydrogens (tertiary/aromatic N) is 1. The fourth-order valence-electron chi connectivity index (χ4n) is 1.66. The van der Waals surface area contributed by atoms with Crippen LogP contribution in [0.3, 0.4) is 0 Å². The first-order valence-electron chi connectivity index (χ1n) is 5.67. The minimum absolute atomic E-state index is 0.0745. The molecule has 0 fully saturated rings. The first kappa shape index (κ1) is 16.9. The second-order valence-electron chi connectivity index (χ2n) is 5.03. The standard InChI is InChI=1S/C11H16BrN3O4S/c1-11(2,14-20(3,18)19)7-13-9-5-4-8(12)6-10(9)15(16)17/h4-6,13-14H,7H2,1-3H3. The Hall–Kier alpha value is -1.19. The second-order valence-corrected chi connectivity index (χ2v) is 7.69. The quantitative estimate of drug-likeness (QED) is 0.593. The molecule has 0 unspecified atom stereocenters. The molecule has 0 aliphatic heterocycles. The summed E-state index contributed by atoms with van der Waals surface area (Å²) in [6.07, 6.45) is 1.07. The van der Waals surface area contributed by atoms with E-state index in [2.05, 4.69) is 26.0 Å². The van der Waals surface area contributed by atoms with Crippen molar-refractivity contribution in [2.45, 2.75) is 19.4 Å². The molecule has 1 rings (SSSR count). The number of anilines is 1. The number of hydrogen-bond acceptors (Lipinski definition) is 5. The van der Waals surface area contributed by atoms with Crippen molar-refractivity contribution in [1.29, 1.82) is 0 Å². The van der Waals surface area contributed by atoms with Crippen LogP contribution in [0.4, 0.5) is 11.4 Å². The van der Waals surface area contributed by atoms with Gasteiger partial charge in [-0.05, 0) is 26.0 Å². The molecule has 0 atom stereocenters. The minimum atomic E-state index is -3.35. The van der Waals surface area contributed by atoms with Gasteiger partial charge in [0.25, 0.3) is 5.69 Å². The summed E-state index contributed by atoms with van der Waals surface area (Å²) in [6, 6.07) is 4.63. The molecule has 0 spiro atoms. The highest BCUT2D eigenvalue weighted by molar-refractivity contribution is 9.10. The lowest BCUT2D eigenvalue weighted by atomic mass is 10.1. The number of benzene rings is 1. The number of rotatable bonds is 6. The number of halogens is 1. The van der Waals surface area contributed by atoms with Crippen LogP contribution in [0.5, 0.6) is 0 Å². The average molecular weight is 366 g/mol. The Morgan fingerprint density at radius 3 is 2.50 bits per heavy atom. The molecule has 0 amide bonds. The fourth-order valence-corrected chi connectivity index (χ4v) is 3.08. The lowest BCUT2D eigenvalue weighted by molar-refractivity contribution is -0.384. The van der Waals surface area contributed by atoms with E-state index in [0.717, 1.165) is 6.26 Å². The van der Waals surface area contributed by atoms with Crippen molar-refractivity contribution in [3.8, 4) is 0 Å². The molecular formula is C11H16BrN3O4S. The maximum absolute atomic E-state index is 11.2. The monoisotopic (exact) mass is 365 g/mol. The van der Waals surface area contributed by atoms with Crippen LogP contribution < -0.4 is 10.0 Å². The zero-order valence-electron chi connectivity index (χ0n) is 11.3. The van der Waals surface area contributed by atoms with Crippen LogP contribution in [-0.4, -0.2) is 31.7 Å². The summed E-state index contributed by atoms with van der Waals surface area (Å²) in [5.41, 5.74) is -0.509. The van der Waals surface area contributed by atoms with Crippen molar-refractivity contribution in [3.63, 3.8) is 0 Å². The highest BCUT2D eigenvalue weighted by Gasteiger charge is 2.23. The molecule has 2 N–H and O–H groups in total. The van der Waals surface area contributed by atoms with Crippen LogP contribution in [0.25, 0.3) is 0 Å². The summed E-state index contributed by atoms with van der Waals surface area (Å²) < 4.78 is 25.5. The molecule has 20 heavy (non-hydrogen) atoms. The van der Waals surface area contributed by atoms with Crippen LogP contribution in [0.2, 0.25) is 0 Å². The molecule has 1 aromatic rings. The van der Waals surface area contributed by atoms with E-state index < -0.39 is 20.5 Å². The second kappa shape index (κ2) is 6.06. The Bertz CT molecular complexity index is 616. The lowest BCUT2D eigenvalue weighted by Gasteiger charge is -2.25. The van der Waals surface area contributed by atoms with Gasteiger partial charge in [-0.25, -0.2) is 13.1 Å². The summed E-state index contributed by atoms with van der Waals surface area (Å²) in [5.74, 6) is 0. The van der Waals surface area contributed by atoms with Gasteiger partial charge >= 0.3 is 0 Å². The van der Waals surface area contributed by atoms with Crippen LogP contribution in [0.1, 0.15) is 13.8 Å². The zero-order valence-corrected chi connectivity index (χ0v) is 13.7. The maximum Gasteiger partial charge on any atom is 0.293 e. The topological polar surface area (TPSA) is 101 Å². The third-order valence-corrected chi connectivity index (χ3v) is 3.76. The van der Waals surface area contributed by atoms with Gasteiger partial charge in [0.15, 0.2) is 0 Å². The number of nitro groups is 1. The number of sulfonamides is 1. The Kier molecular flexibility index (Phi) is 5.11. The highest BCUT2D eigenvalue weighted by atomic mass is 79.9. The molecule has 0 heterocycles. The van der Waals surface area contributed by atoms with Gasteiger partial charge in [0.05, 0.1) is 11.2 Å². The van der Waals surface area contributed by atoms with Crippen LogP contribution in [-0.2, 0) is 10.0 Å². The predicted molar refractivity (Wildman–Crippen MR) is 81.3 cm³/mol. The predicted octanol–water partition coefficient (Wildman–Crippen LogP) is 2.10. The molecule has 0 saturated heterocycles. The Labute approximate surface area is 126 Å². The van der Waals surface area contributed by atoms with Gasteiger partial charge in [-0.3, -0.25) is 10.1 Å². The van der Waals surface area contributed by atoms with Crippen molar-refractivity contribution in [3.05, 3.63) is 32.8 Å². The molecule has 1 aromatic carbocycles. The Morgan fingerprint density at radius 1 is 1.40 bits per heavy atom. The lowest BCUT2D eigenvalue weighted by Crippen LogP contribution is -2.47. The Balaban J connectivity index is 2.87. The van der Waals surface area contributed by atoms with E-state index in [9.17, 15) is 18.5 Å². The van der Waals surface area contributed by atoms with E-state index in [0.29, 0.717) is 10.2 Å². The van der Waals surface area contributed by atoms with E-state index >= 15 is 0 Å². The summed E-state index contributed by atoms with van der Waals surface area (Å²) in [4.78, 5) is 10.5. The molecule has 7 nitrogen and oxygen atoms in total. The smallest absolute Gasteiger partial charge is 0.293 e. The van der Waals surface area contributed by atoms with Crippen LogP contribution >= 0.6 is 15.9 Å². The van der Waals surface area contributed by atoms with Gasteiger partial charge in [-0.1, -0.05) is 15.9 Å². The van der Waals surface area contributed by atoms with E-state index in [4.69, 9.17) is 0 Å². The van der Waals surface area contributed by atoms with E-state index in [-0.39, 0.29) is 12.2 Å². The van der Waals surface area contributed by atoms with Gasteiger partial charge < -0.3 is 5.32 Å². The van der Waals surface area contributed by atoms with Gasteiger partial charge in [-0.2, -0.15) is 0 Å². The van der Waals surface area contributed by atoms with Gasteiger partial charge in [0, 0.05) is 22.6 Å². The molecular weight excluding hydrogens is 350 g/mol. The van der Waals surface area contributed by atoms with Gasteiger partial charge in [0.2, 0.25) is 10.0 Å². The van der Waals surface area contributed by atoms with Crippen molar-refractivity contribution in [1.82, 2.24) is 4.72 Å². The third kappa shape index (κ3) is 5.43. The normalized spacial score (nSPS) is 12.2. The van der Waals surface area contributed by atoms with Crippen molar-refractivity contribution < 1.29 is 13.3 Å². The SMILES string of the molecule is CC(C)(CNc1ccc(Br)cc1[N+](=O)[O-])NS(C)(=O)=O. The molecule has 0 aromatic heterocycles. The molecule has 9 heteroatoms. The molecule has 0 bridgehead atoms. The molecule has 0 radical (unpaired) electrons. The van der Waals surface area contributed by atoms with E-state index in [1.54, 1.807) is 26.0 Å². The first-order chi connectivity index (χ1) is 9.00. The fraction of sp³-hybridized carbons (Fsp3) is 0.455. The largest absolute Gasteiger partial charge is 0.378 e. The summed E-state index contributed by atoms with van der Waals surface area (Å²) in [6.45, 7) is 3.58. The molecule has 0 aliphatic carbocycles. The molecule has 112 valence electrons. The number of nitro benzene ring substituents is 1. The molecule has 0 aliphatic rings. The van der Waals surface area contributed by atoms with E-state index in [1.165, 1.54) is 6.07 Å². The first-order valence-corrected chi connectivity index (χ1v) is 8.35. The summed E-state index contributed by atoms with van der Waals surface area (Å²) in [7, 11) is -3.35. The van der Waals surface area contributed by atoms with Crippen molar-refractivity contribution in [2.75, 3.05) is 18.1 Å². The average Bonchev–Trinajstić information content (AvgIpc) is 2.23. The van der Waals surface area contributed by atoms with Crippen molar-refractivity contribution in [2.24, 2.45) is 0 Å².